The molecule has 4 nitrogen and oxygen atoms in total. The van der Waals surface area contributed by atoms with Crippen molar-refractivity contribution in [2.24, 2.45) is 0 Å². The van der Waals surface area contributed by atoms with Crippen molar-refractivity contribution in [3.63, 3.8) is 0 Å². The molecule has 0 aliphatic heterocycles. The molecule has 0 saturated carbocycles. The van der Waals surface area contributed by atoms with Crippen molar-refractivity contribution in [2.45, 2.75) is 129 Å². The van der Waals surface area contributed by atoms with Gasteiger partial charge in [0.15, 0.2) is 6.23 Å². The molecule has 1 unspecified atom stereocenters. The van der Waals surface area contributed by atoms with Gasteiger partial charge in [-0.1, -0.05) is 110 Å². The van der Waals surface area contributed by atoms with Crippen molar-refractivity contribution in [1.82, 2.24) is 4.90 Å². The average molecular weight is 426 g/mol. The van der Waals surface area contributed by atoms with Crippen molar-refractivity contribution in [2.75, 3.05) is 20.2 Å². The molecular formula is C26H51NO3. The molecule has 0 aliphatic rings. The molecular weight excluding hydrogens is 374 g/mol. The summed E-state index contributed by atoms with van der Waals surface area (Å²) >= 11 is 0. The monoisotopic (exact) mass is 425 g/mol. The minimum Gasteiger partial charge on any atom is -0.443 e. The molecule has 0 aliphatic carbocycles. The second-order valence-corrected chi connectivity index (χ2v) is 8.94. The first kappa shape index (κ1) is 29.1. The summed E-state index contributed by atoms with van der Waals surface area (Å²) in [5, 5.41) is 9.21. The van der Waals surface area contributed by atoms with Crippen LogP contribution in [0.3, 0.4) is 0 Å². The largest absolute Gasteiger partial charge is 0.443 e. The molecule has 1 N–H and O–H groups in total. The van der Waals surface area contributed by atoms with Gasteiger partial charge in [-0.2, -0.15) is 0 Å². The Kier molecular flexibility index (Phi) is 20.7. The maximum atomic E-state index is 11.7. The second kappa shape index (κ2) is 21.4. The van der Waals surface area contributed by atoms with E-state index >= 15 is 0 Å². The fourth-order valence-corrected chi connectivity index (χ4v) is 3.76. The fraction of sp³-hybridized carbons (Fsp3) is 0.885. The van der Waals surface area contributed by atoms with E-state index in [0.717, 1.165) is 13.0 Å². The Morgan fingerprint density at radius 2 is 1.23 bits per heavy atom. The Labute approximate surface area is 187 Å². The zero-order valence-electron chi connectivity index (χ0n) is 20.4. The summed E-state index contributed by atoms with van der Waals surface area (Å²) in [6.45, 7) is 8.44. The second-order valence-electron chi connectivity index (χ2n) is 8.94. The lowest BCUT2D eigenvalue weighted by Crippen LogP contribution is -2.37. The van der Waals surface area contributed by atoms with Crippen molar-refractivity contribution < 1.29 is 14.6 Å². The molecule has 0 aromatic rings. The van der Waals surface area contributed by atoms with Crippen molar-refractivity contribution in [1.29, 1.82) is 0 Å². The number of rotatable bonds is 22. The van der Waals surface area contributed by atoms with Gasteiger partial charge in [0.1, 0.15) is 0 Å². The molecule has 30 heavy (non-hydrogen) atoms. The van der Waals surface area contributed by atoms with Gasteiger partial charge in [-0.3, -0.25) is 4.90 Å². The third-order valence-electron chi connectivity index (χ3n) is 5.82. The lowest BCUT2D eigenvalue weighted by atomic mass is 10.0. The first-order valence-electron chi connectivity index (χ1n) is 12.7. The van der Waals surface area contributed by atoms with Gasteiger partial charge in [-0.25, -0.2) is 4.79 Å². The zero-order valence-corrected chi connectivity index (χ0v) is 20.4. The molecule has 4 heteroatoms. The minimum absolute atomic E-state index is 0.0113. The van der Waals surface area contributed by atoms with Crippen LogP contribution in [-0.4, -0.2) is 42.4 Å². The summed E-state index contributed by atoms with van der Waals surface area (Å²) in [6, 6.07) is 0. The number of ether oxygens (including phenoxy) is 1. The molecule has 0 spiro atoms. The Hall–Kier alpha value is -0.870. The van der Waals surface area contributed by atoms with Gasteiger partial charge in [0.05, 0.1) is 0 Å². The lowest BCUT2D eigenvalue weighted by Gasteiger charge is -2.27. The number of esters is 1. The van der Waals surface area contributed by atoms with E-state index in [1.54, 1.807) is 6.92 Å². The number of hydrogen-bond acceptors (Lipinski definition) is 4. The fourth-order valence-electron chi connectivity index (χ4n) is 3.76. The van der Waals surface area contributed by atoms with Crippen LogP contribution in [0.1, 0.15) is 123 Å². The Balaban J connectivity index is 3.51. The highest BCUT2D eigenvalue weighted by molar-refractivity contribution is 5.87. The van der Waals surface area contributed by atoms with Gasteiger partial charge >= 0.3 is 5.97 Å². The van der Waals surface area contributed by atoms with Crippen LogP contribution in [0, 0.1) is 0 Å². The maximum Gasteiger partial charge on any atom is 0.334 e. The maximum absolute atomic E-state index is 11.7. The van der Waals surface area contributed by atoms with Crippen LogP contribution in [0.15, 0.2) is 12.2 Å². The van der Waals surface area contributed by atoms with Gasteiger partial charge in [0.2, 0.25) is 0 Å². The quantitative estimate of drug-likeness (QED) is 0.0877. The molecule has 178 valence electrons. The standard InChI is InChI=1S/C26H51NO3/c1-5-6-7-8-9-10-11-12-13-14-15-16-17-18-19-20-22-27(4)25(21-23-28)30-26(29)24(2)3/h25,28H,2,5-23H2,1,3-4H3. The van der Waals surface area contributed by atoms with E-state index in [1.165, 1.54) is 96.3 Å². The van der Waals surface area contributed by atoms with Crippen LogP contribution in [0.4, 0.5) is 0 Å². The first-order chi connectivity index (χ1) is 14.5. The van der Waals surface area contributed by atoms with E-state index in [1.807, 2.05) is 11.9 Å². The summed E-state index contributed by atoms with van der Waals surface area (Å²) in [7, 11) is 1.96. The summed E-state index contributed by atoms with van der Waals surface area (Å²) in [4.78, 5) is 13.8. The highest BCUT2D eigenvalue weighted by atomic mass is 16.6. The zero-order chi connectivity index (χ0) is 22.5. The van der Waals surface area contributed by atoms with E-state index in [2.05, 4.69) is 13.5 Å². The van der Waals surface area contributed by atoms with Crippen LogP contribution in [0.25, 0.3) is 0 Å². The Morgan fingerprint density at radius 3 is 1.60 bits per heavy atom. The molecule has 0 aromatic carbocycles. The molecule has 0 amide bonds. The smallest absolute Gasteiger partial charge is 0.334 e. The van der Waals surface area contributed by atoms with Gasteiger partial charge < -0.3 is 9.84 Å². The number of carbonyl (C=O) groups is 1. The average Bonchev–Trinajstić information content (AvgIpc) is 2.72. The number of carbonyl (C=O) groups excluding carboxylic acids is 1. The molecule has 0 aromatic heterocycles. The molecule has 1 atom stereocenters. The highest BCUT2D eigenvalue weighted by Gasteiger charge is 2.18. The Bertz CT molecular complexity index is 411. The van der Waals surface area contributed by atoms with Gasteiger partial charge in [0, 0.05) is 25.1 Å². The van der Waals surface area contributed by atoms with E-state index in [4.69, 9.17) is 4.74 Å². The van der Waals surface area contributed by atoms with E-state index < -0.39 is 0 Å². The summed E-state index contributed by atoms with van der Waals surface area (Å²) < 4.78 is 5.42. The van der Waals surface area contributed by atoms with Crippen LogP contribution >= 0.6 is 0 Å². The Morgan fingerprint density at radius 1 is 0.833 bits per heavy atom. The lowest BCUT2D eigenvalue weighted by molar-refractivity contribution is -0.154. The molecule has 0 bridgehead atoms. The number of unbranched alkanes of at least 4 members (excludes halogenated alkanes) is 15. The van der Waals surface area contributed by atoms with Crippen LogP contribution in [0.5, 0.6) is 0 Å². The summed E-state index contributed by atoms with van der Waals surface area (Å²) in [6.07, 6.45) is 21.9. The van der Waals surface area contributed by atoms with Crippen molar-refractivity contribution in [3.8, 4) is 0 Å². The topological polar surface area (TPSA) is 49.8 Å². The molecule has 0 rings (SSSR count). The predicted molar refractivity (Wildman–Crippen MR) is 129 cm³/mol. The number of hydrogen-bond donors (Lipinski definition) is 1. The van der Waals surface area contributed by atoms with Crippen LogP contribution in [-0.2, 0) is 9.53 Å². The molecule has 0 fully saturated rings. The molecule has 0 radical (unpaired) electrons. The third kappa shape index (κ3) is 17.9. The molecule has 0 heterocycles. The number of aliphatic hydroxyl groups is 1. The number of aliphatic hydroxyl groups excluding tert-OH is 1. The predicted octanol–water partition coefficient (Wildman–Crippen LogP) is 7.01. The molecule has 0 saturated heterocycles. The van der Waals surface area contributed by atoms with Gasteiger partial charge in [-0.05, 0) is 20.4 Å². The number of nitrogens with zero attached hydrogens (tertiary/aromatic N) is 1. The van der Waals surface area contributed by atoms with Crippen LogP contribution in [0.2, 0.25) is 0 Å². The van der Waals surface area contributed by atoms with E-state index in [-0.39, 0.29) is 18.8 Å². The third-order valence-corrected chi connectivity index (χ3v) is 5.82. The van der Waals surface area contributed by atoms with Gasteiger partial charge in [-0.15, -0.1) is 0 Å². The normalized spacial score (nSPS) is 12.3. The van der Waals surface area contributed by atoms with Crippen molar-refractivity contribution >= 4 is 5.97 Å². The highest BCUT2D eigenvalue weighted by Crippen LogP contribution is 2.14. The van der Waals surface area contributed by atoms with E-state index in [9.17, 15) is 9.90 Å². The van der Waals surface area contributed by atoms with Crippen molar-refractivity contribution in [3.05, 3.63) is 12.2 Å². The van der Waals surface area contributed by atoms with Crippen LogP contribution < -0.4 is 0 Å². The first-order valence-corrected chi connectivity index (χ1v) is 12.7. The minimum atomic E-state index is -0.382. The summed E-state index contributed by atoms with van der Waals surface area (Å²) in [5.41, 5.74) is 0.397. The summed E-state index contributed by atoms with van der Waals surface area (Å²) in [5.74, 6) is -0.382. The van der Waals surface area contributed by atoms with E-state index in [0.29, 0.717) is 12.0 Å². The SMILES string of the molecule is C=C(C)C(=O)OC(CCO)N(C)CCCCCCCCCCCCCCCCCC. The van der Waals surface area contributed by atoms with Gasteiger partial charge in [0.25, 0.3) is 0 Å².